The highest BCUT2D eigenvalue weighted by Gasteiger charge is 2.06. The van der Waals surface area contributed by atoms with Crippen molar-refractivity contribution in [3.05, 3.63) is 29.6 Å². The van der Waals surface area contributed by atoms with Gasteiger partial charge in [-0.1, -0.05) is 0 Å². The molecule has 0 aromatic heterocycles. The molecule has 0 bridgehead atoms. The number of carbonyl (C=O) groups is 1. The van der Waals surface area contributed by atoms with E-state index in [4.69, 9.17) is 5.73 Å². The molecule has 0 radical (unpaired) electrons. The maximum absolute atomic E-state index is 12.8. The van der Waals surface area contributed by atoms with Crippen molar-refractivity contribution >= 4 is 11.6 Å². The van der Waals surface area contributed by atoms with Gasteiger partial charge in [-0.25, -0.2) is 4.39 Å². The third-order valence-electron chi connectivity index (χ3n) is 2.53. The number of anilines is 1. The normalized spacial score (nSPS) is 12.2. The lowest BCUT2D eigenvalue weighted by Gasteiger charge is -2.09. The molecule has 1 aromatic carbocycles. The Morgan fingerprint density at radius 1 is 1.53 bits per heavy atom. The smallest absolute Gasteiger partial charge is 0.224 e. The van der Waals surface area contributed by atoms with E-state index in [1.165, 1.54) is 12.1 Å². The Bertz CT molecular complexity index is 391. The van der Waals surface area contributed by atoms with Crippen molar-refractivity contribution in [3.8, 4) is 0 Å². The van der Waals surface area contributed by atoms with E-state index in [1.807, 2.05) is 6.92 Å². The summed E-state index contributed by atoms with van der Waals surface area (Å²) in [6, 6.07) is 4.44. The Morgan fingerprint density at radius 3 is 2.82 bits per heavy atom. The zero-order valence-corrected chi connectivity index (χ0v) is 10.3. The predicted octanol–water partition coefficient (Wildman–Crippen LogP) is 2.59. The first-order valence-electron chi connectivity index (χ1n) is 5.80. The quantitative estimate of drug-likeness (QED) is 0.828. The van der Waals surface area contributed by atoms with Crippen molar-refractivity contribution in [1.29, 1.82) is 0 Å². The van der Waals surface area contributed by atoms with E-state index in [2.05, 4.69) is 5.32 Å². The van der Waals surface area contributed by atoms with E-state index in [1.54, 1.807) is 13.0 Å². The highest BCUT2D eigenvalue weighted by atomic mass is 19.1. The molecule has 17 heavy (non-hydrogen) atoms. The van der Waals surface area contributed by atoms with Crippen LogP contribution in [0, 0.1) is 12.7 Å². The number of benzene rings is 1. The van der Waals surface area contributed by atoms with E-state index < -0.39 is 0 Å². The van der Waals surface area contributed by atoms with Gasteiger partial charge in [0, 0.05) is 18.2 Å². The second-order valence-corrected chi connectivity index (χ2v) is 4.38. The number of hydrogen-bond donors (Lipinski definition) is 2. The van der Waals surface area contributed by atoms with Gasteiger partial charge in [0.25, 0.3) is 0 Å². The van der Waals surface area contributed by atoms with Crippen molar-refractivity contribution in [2.75, 3.05) is 5.32 Å². The van der Waals surface area contributed by atoms with E-state index in [0.717, 1.165) is 18.4 Å². The van der Waals surface area contributed by atoms with Crippen LogP contribution in [0.5, 0.6) is 0 Å². The van der Waals surface area contributed by atoms with Gasteiger partial charge in [0.15, 0.2) is 0 Å². The fraction of sp³-hybridized carbons (Fsp3) is 0.462. The molecular formula is C13H19FN2O. The zero-order chi connectivity index (χ0) is 12.8. The fourth-order valence-corrected chi connectivity index (χ4v) is 1.56. The van der Waals surface area contributed by atoms with Crippen molar-refractivity contribution in [2.45, 2.75) is 39.2 Å². The Kier molecular flexibility index (Phi) is 5.10. The molecule has 3 nitrogen and oxygen atoms in total. The third kappa shape index (κ3) is 4.95. The molecule has 0 saturated heterocycles. The first-order chi connectivity index (χ1) is 7.99. The van der Waals surface area contributed by atoms with Crippen molar-refractivity contribution in [3.63, 3.8) is 0 Å². The minimum absolute atomic E-state index is 0.0552. The van der Waals surface area contributed by atoms with Gasteiger partial charge in [-0.3, -0.25) is 4.79 Å². The van der Waals surface area contributed by atoms with Gasteiger partial charge < -0.3 is 11.1 Å². The number of nitrogens with two attached hydrogens (primary N) is 1. The molecule has 1 rings (SSSR count). The highest BCUT2D eigenvalue weighted by molar-refractivity contribution is 5.91. The lowest BCUT2D eigenvalue weighted by molar-refractivity contribution is -0.116. The van der Waals surface area contributed by atoms with E-state index >= 15 is 0 Å². The van der Waals surface area contributed by atoms with E-state index in [9.17, 15) is 9.18 Å². The van der Waals surface area contributed by atoms with Crippen LogP contribution in [-0.2, 0) is 4.79 Å². The molecule has 0 saturated carbocycles. The summed E-state index contributed by atoms with van der Waals surface area (Å²) in [7, 11) is 0. The summed E-state index contributed by atoms with van der Waals surface area (Å²) >= 11 is 0. The Hall–Kier alpha value is -1.42. The summed E-state index contributed by atoms with van der Waals surface area (Å²) in [5.41, 5.74) is 6.99. The average molecular weight is 238 g/mol. The van der Waals surface area contributed by atoms with Crippen molar-refractivity contribution < 1.29 is 9.18 Å². The molecule has 0 fully saturated rings. The van der Waals surface area contributed by atoms with Crippen molar-refractivity contribution in [1.82, 2.24) is 0 Å². The second kappa shape index (κ2) is 6.35. The van der Waals surface area contributed by atoms with Gasteiger partial charge in [0.05, 0.1) is 0 Å². The van der Waals surface area contributed by atoms with Crippen LogP contribution in [0.25, 0.3) is 0 Å². The lowest BCUT2D eigenvalue weighted by Crippen LogP contribution is -2.17. The molecule has 0 aliphatic rings. The molecule has 1 unspecified atom stereocenters. The number of carbonyl (C=O) groups excluding carboxylic acids is 1. The SMILES string of the molecule is Cc1cc(F)ccc1NC(=O)CCCC(C)N. The lowest BCUT2D eigenvalue weighted by atomic mass is 10.1. The van der Waals surface area contributed by atoms with Crippen LogP contribution >= 0.6 is 0 Å². The van der Waals surface area contributed by atoms with E-state index in [-0.39, 0.29) is 17.8 Å². The summed E-state index contributed by atoms with van der Waals surface area (Å²) < 4.78 is 12.8. The number of halogens is 1. The van der Waals surface area contributed by atoms with Gasteiger partial charge >= 0.3 is 0 Å². The zero-order valence-electron chi connectivity index (χ0n) is 10.3. The molecule has 0 aliphatic heterocycles. The van der Waals surface area contributed by atoms with Crippen LogP contribution in [0.3, 0.4) is 0 Å². The van der Waals surface area contributed by atoms with Crippen LogP contribution in [0.2, 0.25) is 0 Å². The van der Waals surface area contributed by atoms with Crippen LogP contribution < -0.4 is 11.1 Å². The summed E-state index contributed by atoms with van der Waals surface area (Å²) in [5, 5.41) is 2.76. The maximum Gasteiger partial charge on any atom is 0.224 e. The third-order valence-corrected chi connectivity index (χ3v) is 2.53. The van der Waals surface area contributed by atoms with Gasteiger partial charge in [-0.15, -0.1) is 0 Å². The van der Waals surface area contributed by atoms with Crippen LogP contribution in [0.1, 0.15) is 31.7 Å². The molecule has 3 N–H and O–H groups in total. The topological polar surface area (TPSA) is 55.1 Å². The first-order valence-corrected chi connectivity index (χ1v) is 5.80. The van der Waals surface area contributed by atoms with Crippen LogP contribution in [-0.4, -0.2) is 11.9 Å². The molecule has 0 heterocycles. The van der Waals surface area contributed by atoms with E-state index in [0.29, 0.717) is 12.1 Å². The first kappa shape index (κ1) is 13.6. The van der Waals surface area contributed by atoms with Crippen LogP contribution in [0.4, 0.5) is 10.1 Å². The molecule has 1 atom stereocenters. The van der Waals surface area contributed by atoms with Crippen molar-refractivity contribution in [2.24, 2.45) is 5.73 Å². The van der Waals surface area contributed by atoms with Gasteiger partial charge in [-0.05, 0) is 50.5 Å². The molecule has 1 amide bonds. The molecular weight excluding hydrogens is 219 g/mol. The second-order valence-electron chi connectivity index (χ2n) is 4.38. The summed E-state index contributed by atoms with van der Waals surface area (Å²) in [6.45, 7) is 3.68. The Balaban J connectivity index is 2.45. The Morgan fingerprint density at radius 2 is 2.24 bits per heavy atom. The summed E-state index contributed by atoms with van der Waals surface area (Å²) in [5.74, 6) is -0.349. The van der Waals surface area contributed by atoms with Crippen LogP contribution in [0.15, 0.2) is 18.2 Å². The molecule has 0 spiro atoms. The number of nitrogens with one attached hydrogen (secondary N) is 1. The average Bonchev–Trinajstić information content (AvgIpc) is 2.21. The number of aryl methyl sites for hydroxylation is 1. The number of rotatable bonds is 5. The number of amides is 1. The monoisotopic (exact) mass is 238 g/mol. The minimum atomic E-state index is -0.294. The Labute approximate surface area is 101 Å². The largest absolute Gasteiger partial charge is 0.328 e. The maximum atomic E-state index is 12.8. The number of hydrogen-bond acceptors (Lipinski definition) is 2. The predicted molar refractivity (Wildman–Crippen MR) is 67.3 cm³/mol. The van der Waals surface area contributed by atoms with Gasteiger partial charge in [-0.2, -0.15) is 0 Å². The summed E-state index contributed by atoms with van der Waals surface area (Å²) in [6.07, 6.45) is 2.04. The molecule has 94 valence electrons. The molecule has 4 heteroatoms. The summed E-state index contributed by atoms with van der Waals surface area (Å²) in [4.78, 5) is 11.6. The molecule has 0 aliphatic carbocycles. The fourth-order valence-electron chi connectivity index (χ4n) is 1.56. The van der Waals surface area contributed by atoms with Gasteiger partial charge in [0.1, 0.15) is 5.82 Å². The standard InChI is InChI=1S/C13H19FN2O/c1-9-8-11(14)6-7-12(9)16-13(17)5-3-4-10(2)15/h6-8,10H,3-5,15H2,1-2H3,(H,16,17). The minimum Gasteiger partial charge on any atom is -0.328 e. The molecule has 1 aromatic rings. The van der Waals surface area contributed by atoms with Gasteiger partial charge in [0.2, 0.25) is 5.91 Å². The highest BCUT2D eigenvalue weighted by Crippen LogP contribution is 2.16.